The SMILES string of the molecule is Cc1nc(CN(C)c2cc([N+](=O)[O-])cc(NN)n2)cs1. The van der Waals surface area contributed by atoms with E-state index >= 15 is 0 Å². The number of nitrogens with zero attached hydrogens (tertiary/aromatic N) is 4. The van der Waals surface area contributed by atoms with Crippen LogP contribution in [-0.4, -0.2) is 21.9 Å². The molecule has 0 radical (unpaired) electrons. The number of nitrogens with one attached hydrogen (secondary N) is 1. The quantitative estimate of drug-likeness (QED) is 0.490. The largest absolute Gasteiger partial charge is 0.353 e. The second-order valence-corrected chi connectivity index (χ2v) is 5.25. The summed E-state index contributed by atoms with van der Waals surface area (Å²) < 4.78 is 0. The molecular formula is C11H14N6O2S. The zero-order chi connectivity index (χ0) is 14.7. The first kappa shape index (κ1) is 14.2. The molecule has 0 aliphatic rings. The van der Waals surface area contributed by atoms with E-state index in [0.29, 0.717) is 12.4 Å². The normalized spacial score (nSPS) is 10.3. The highest BCUT2D eigenvalue weighted by atomic mass is 32.1. The second-order valence-electron chi connectivity index (χ2n) is 4.18. The summed E-state index contributed by atoms with van der Waals surface area (Å²) in [5, 5.41) is 13.8. The van der Waals surface area contributed by atoms with Crippen molar-refractivity contribution in [2.45, 2.75) is 13.5 Å². The third-order valence-corrected chi connectivity index (χ3v) is 3.43. The molecule has 0 aliphatic carbocycles. The van der Waals surface area contributed by atoms with E-state index in [2.05, 4.69) is 15.4 Å². The standard InChI is InChI=1S/C11H14N6O2S/c1-7-13-8(6-20-7)5-16(2)11-4-9(17(18)19)3-10(14-11)15-12/h3-4,6H,5,12H2,1-2H3,(H,14,15). The minimum absolute atomic E-state index is 0.0655. The van der Waals surface area contributed by atoms with Crippen molar-refractivity contribution < 1.29 is 4.92 Å². The number of anilines is 2. The molecule has 0 atom stereocenters. The third-order valence-electron chi connectivity index (χ3n) is 2.61. The molecule has 0 aliphatic heterocycles. The number of nitrogen functional groups attached to an aromatic ring is 1. The van der Waals surface area contributed by atoms with E-state index in [1.807, 2.05) is 12.3 Å². The van der Waals surface area contributed by atoms with Gasteiger partial charge in [0.2, 0.25) is 0 Å². The highest BCUT2D eigenvalue weighted by molar-refractivity contribution is 7.09. The number of aryl methyl sites for hydroxylation is 1. The van der Waals surface area contributed by atoms with Crippen LogP contribution in [0.3, 0.4) is 0 Å². The molecule has 9 heteroatoms. The predicted molar refractivity (Wildman–Crippen MR) is 77.7 cm³/mol. The molecule has 2 rings (SSSR count). The average Bonchev–Trinajstić information content (AvgIpc) is 2.83. The summed E-state index contributed by atoms with van der Waals surface area (Å²) in [7, 11) is 1.79. The van der Waals surface area contributed by atoms with Crippen molar-refractivity contribution in [1.82, 2.24) is 9.97 Å². The van der Waals surface area contributed by atoms with Gasteiger partial charge in [-0.1, -0.05) is 0 Å². The average molecular weight is 294 g/mol. The summed E-state index contributed by atoms with van der Waals surface area (Å²) in [5.74, 6) is 5.98. The molecule has 0 amide bonds. The fraction of sp³-hybridized carbons (Fsp3) is 0.273. The maximum absolute atomic E-state index is 10.9. The van der Waals surface area contributed by atoms with Gasteiger partial charge in [0, 0.05) is 12.4 Å². The summed E-state index contributed by atoms with van der Waals surface area (Å²) in [6, 6.07) is 2.68. The van der Waals surface area contributed by atoms with Gasteiger partial charge in [0.15, 0.2) is 0 Å². The Kier molecular flexibility index (Phi) is 4.11. The maximum Gasteiger partial charge on any atom is 0.276 e. The van der Waals surface area contributed by atoms with E-state index in [1.54, 1.807) is 23.3 Å². The van der Waals surface area contributed by atoms with Gasteiger partial charge in [0.25, 0.3) is 5.69 Å². The van der Waals surface area contributed by atoms with Crippen molar-refractivity contribution in [3.8, 4) is 0 Å². The first-order chi connectivity index (χ1) is 9.49. The van der Waals surface area contributed by atoms with Gasteiger partial charge >= 0.3 is 0 Å². The van der Waals surface area contributed by atoms with Crippen molar-refractivity contribution in [2.75, 3.05) is 17.4 Å². The van der Waals surface area contributed by atoms with Gasteiger partial charge in [0.1, 0.15) is 11.6 Å². The monoisotopic (exact) mass is 294 g/mol. The molecule has 2 heterocycles. The number of nitrogens with two attached hydrogens (primary N) is 1. The molecule has 106 valence electrons. The molecule has 0 spiro atoms. The van der Waals surface area contributed by atoms with Crippen LogP contribution >= 0.6 is 11.3 Å². The molecule has 0 aromatic carbocycles. The summed E-state index contributed by atoms with van der Waals surface area (Å²) in [6.07, 6.45) is 0. The Morgan fingerprint density at radius 3 is 2.80 bits per heavy atom. The number of hydrogen-bond donors (Lipinski definition) is 2. The van der Waals surface area contributed by atoms with E-state index in [-0.39, 0.29) is 11.5 Å². The molecule has 0 saturated heterocycles. The van der Waals surface area contributed by atoms with Crippen molar-refractivity contribution >= 4 is 28.7 Å². The molecular weight excluding hydrogens is 280 g/mol. The van der Waals surface area contributed by atoms with Gasteiger partial charge < -0.3 is 10.3 Å². The Bertz CT molecular complexity index is 629. The number of nitro groups is 1. The van der Waals surface area contributed by atoms with E-state index in [0.717, 1.165) is 10.7 Å². The van der Waals surface area contributed by atoms with Crippen LogP contribution in [0.15, 0.2) is 17.5 Å². The molecule has 0 saturated carbocycles. The van der Waals surface area contributed by atoms with Gasteiger partial charge in [0.05, 0.1) is 34.3 Å². The van der Waals surface area contributed by atoms with Crippen LogP contribution in [0.5, 0.6) is 0 Å². The summed E-state index contributed by atoms with van der Waals surface area (Å²) in [4.78, 5) is 20.7. The lowest BCUT2D eigenvalue weighted by Gasteiger charge is -2.17. The number of thiazole rings is 1. The zero-order valence-electron chi connectivity index (χ0n) is 11.0. The molecule has 0 unspecified atom stereocenters. The Morgan fingerprint density at radius 1 is 1.50 bits per heavy atom. The second kappa shape index (κ2) is 5.80. The smallest absolute Gasteiger partial charge is 0.276 e. The molecule has 3 N–H and O–H groups in total. The third kappa shape index (κ3) is 3.19. The van der Waals surface area contributed by atoms with Crippen LogP contribution in [-0.2, 0) is 6.54 Å². The maximum atomic E-state index is 10.9. The first-order valence-corrected chi connectivity index (χ1v) is 6.63. The number of rotatable bonds is 5. The van der Waals surface area contributed by atoms with Crippen molar-refractivity contribution in [1.29, 1.82) is 0 Å². The highest BCUT2D eigenvalue weighted by Gasteiger charge is 2.14. The van der Waals surface area contributed by atoms with E-state index in [4.69, 9.17) is 5.84 Å². The lowest BCUT2D eigenvalue weighted by atomic mass is 10.3. The first-order valence-electron chi connectivity index (χ1n) is 5.75. The van der Waals surface area contributed by atoms with Crippen LogP contribution in [0.25, 0.3) is 0 Å². The minimum Gasteiger partial charge on any atom is -0.353 e. The van der Waals surface area contributed by atoms with Crippen LogP contribution in [0.1, 0.15) is 10.7 Å². The topological polar surface area (TPSA) is 110 Å². The van der Waals surface area contributed by atoms with Crippen LogP contribution in [0.2, 0.25) is 0 Å². The van der Waals surface area contributed by atoms with Crippen molar-refractivity contribution in [3.63, 3.8) is 0 Å². The fourth-order valence-corrected chi connectivity index (χ4v) is 2.29. The van der Waals surface area contributed by atoms with Gasteiger partial charge in [-0.3, -0.25) is 10.1 Å². The van der Waals surface area contributed by atoms with E-state index < -0.39 is 4.92 Å². The van der Waals surface area contributed by atoms with Gasteiger partial charge in [-0.2, -0.15) is 0 Å². The zero-order valence-corrected chi connectivity index (χ0v) is 11.8. The predicted octanol–water partition coefficient (Wildman–Crippen LogP) is 1.68. The van der Waals surface area contributed by atoms with Gasteiger partial charge in [-0.25, -0.2) is 15.8 Å². The molecule has 2 aromatic rings. The number of hydrogen-bond acceptors (Lipinski definition) is 8. The Labute approximate surface area is 119 Å². The lowest BCUT2D eigenvalue weighted by molar-refractivity contribution is -0.384. The fourth-order valence-electron chi connectivity index (χ4n) is 1.68. The Morgan fingerprint density at radius 2 is 2.25 bits per heavy atom. The lowest BCUT2D eigenvalue weighted by Crippen LogP contribution is -2.19. The number of pyridine rings is 1. The Balaban J connectivity index is 2.26. The summed E-state index contributed by atoms with van der Waals surface area (Å²) in [6.45, 7) is 2.44. The molecule has 20 heavy (non-hydrogen) atoms. The Hall–Kier alpha value is -2.26. The van der Waals surface area contributed by atoms with Crippen molar-refractivity contribution in [2.24, 2.45) is 5.84 Å². The highest BCUT2D eigenvalue weighted by Crippen LogP contribution is 2.23. The molecule has 0 fully saturated rings. The number of hydrazine groups is 1. The van der Waals surface area contributed by atoms with Crippen LogP contribution < -0.4 is 16.2 Å². The van der Waals surface area contributed by atoms with Crippen LogP contribution in [0, 0.1) is 17.0 Å². The van der Waals surface area contributed by atoms with E-state index in [1.165, 1.54) is 12.1 Å². The summed E-state index contributed by atoms with van der Waals surface area (Å²) in [5.41, 5.74) is 3.16. The van der Waals surface area contributed by atoms with Gasteiger partial charge in [-0.15, -0.1) is 11.3 Å². The van der Waals surface area contributed by atoms with Crippen LogP contribution in [0.4, 0.5) is 17.3 Å². The van der Waals surface area contributed by atoms with Crippen molar-refractivity contribution in [3.05, 3.63) is 38.3 Å². The van der Waals surface area contributed by atoms with E-state index in [9.17, 15) is 10.1 Å². The minimum atomic E-state index is -0.479. The van der Waals surface area contributed by atoms with Gasteiger partial charge in [-0.05, 0) is 6.92 Å². The number of aromatic nitrogens is 2. The summed E-state index contributed by atoms with van der Waals surface area (Å²) >= 11 is 1.56. The molecule has 2 aromatic heterocycles. The molecule has 0 bridgehead atoms. The molecule has 8 nitrogen and oxygen atoms in total.